The van der Waals surface area contributed by atoms with E-state index in [-0.39, 0.29) is 18.6 Å². The second-order valence-corrected chi connectivity index (χ2v) is 5.50. The van der Waals surface area contributed by atoms with Crippen LogP contribution in [0.15, 0.2) is 18.2 Å². The lowest BCUT2D eigenvalue weighted by Crippen LogP contribution is -2.53. The highest BCUT2D eigenvalue weighted by Crippen LogP contribution is 2.40. The van der Waals surface area contributed by atoms with Gasteiger partial charge in [0.1, 0.15) is 12.1 Å². The van der Waals surface area contributed by atoms with Crippen LogP contribution in [0.25, 0.3) is 0 Å². The number of halogens is 2. The quantitative estimate of drug-likeness (QED) is 0.871. The molecule has 0 aliphatic heterocycles. The molecule has 0 saturated heterocycles. The first-order valence-corrected chi connectivity index (χ1v) is 6.74. The Balaban J connectivity index is 2.15. The Morgan fingerprint density at radius 2 is 2.00 bits per heavy atom. The zero-order valence-corrected chi connectivity index (χ0v) is 11.6. The molecule has 1 N–H and O–H groups in total. The summed E-state index contributed by atoms with van der Waals surface area (Å²) in [6.07, 6.45) is 1.85. The maximum Gasteiger partial charge on any atom is 0.190 e. The summed E-state index contributed by atoms with van der Waals surface area (Å²) in [4.78, 5) is 0. The first-order chi connectivity index (χ1) is 9.48. The Morgan fingerprint density at radius 1 is 1.40 bits per heavy atom. The van der Waals surface area contributed by atoms with Crippen LogP contribution in [0.5, 0.6) is 5.75 Å². The fourth-order valence-electron chi connectivity index (χ4n) is 2.33. The van der Waals surface area contributed by atoms with Crippen molar-refractivity contribution in [3.63, 3.8) is 0 Å². The molecule has 1 fully saturated rings. The number of ether oxygens (including phenoxy) is 1. The van der Waals surface area contributed by atoms with Crippen LogP contribution in [0.4, 0.5) is 8.78 Å². The van der Waals surface area contributed by atoms with Gasteiger partial charge in [0.15, 0.2) is 17.4 Å². The Kier molecular flexibility index (Phi) is 4.24. The monoisotopic (exact) mass is 280 g/mol. The number of benzene rings is 1. The van der Waals surface area contributed by atoms with Crippen LogP contribution in [-0.4, -0.2) is 18.2 Å². The average Bonchev–Trinajstić information content (AvgIpc) is 3.20. The molecule has 2 rings (SSSR count). The minimum Gasteiger partial charge on any atom is -0.484 e. The first-order valence-electron chi connectivity index (χ1n) is 6.74. The van der Waals surface area contributed by atoms with Crippen molar-refractivity contribution in [1.82, 2.24) is 5.32 Å². The van der Waals surface area contributed by atoms with E-state index in [4.69, 9.17) is 4.74 Å². The average molecular weight is 280 g/mol. The van der Waals surface area contributed by atoms with Crippen molar-refractivity contribution in [3.8, 4) is 11.8 Å². The summed E-state index contributed by atoms with van der Waals surface area (Å²) in [6, 6.07) is 5.88. The number of hydrogen-bond donors (Lipinski definition) is 1. The molecule has 0 radical (unpaired) electrons. The van der Waals surface area contributed by atoms with Gasteiger partial charge in [-0.3, -0.25) is 5.32 Å². The van der Waals surface area contributed by atoms with Crippen LogP contribution < -0.4 is 10.1 Å². The Labute approximate surface area is 117 Å². The van der Waals surface area contributed by atoms with Crippen LogP contribution in [0, 0.1) is 28.9 Å². The molecule has 1 atom stereocenters. The van der Waals surface area contributed by atoms with E-state index in [0.29, 0.717) is 0 Å². The third-order valence-corrected chi connectivity index (χ3v) is 3.38. The molecule has 108 valence electrons. The lowest BCUT2D eigenvalue weighted by molar-refractivity contribution is 0.181. The van der Waals surface area contributed by atoms with Gasteiger partial charge in [0.25, 0.3) is 0 Å². The van der Waals surface area contributed by atoms with E-state index >= 15 is 0 Å². The Morgan fingerprint density at radius 3 is 2.45 bits per heavy atom. The summed E-state index contributed by atoms with van der Waals surface area (Å²) in [7, 11) is 0. The highest BCUT2D eigenvalue weighted by molar-refractivity contribution is 5.27. The van der Waals surface area contributed by atoms with Crippen LogP contribution in [0.2, 0.25) is 0 Å². The van der Waals surface area contributed by atoms with E-state index in [2.05, 4.69) is 11.4 Å². The third kappa shape index (κ3) is 3.07. The van der Waals surface area contributed by atoms with Gasteiger partial charge in [0, 0.05) is 6.04 Å². The molecule has 3 nitrogen and oxygen atoms in total. The topological polar surface area (TPSA) is 45.0 Å². The smallest absolute Gasteiger partial charge is 0.190 e. The highest BCUT2D eigenvalue weighted by atomic mass is 19.1. The number of para-hydroxylation sites is 1. The van der Waals surface area contributed by atoms with Crippen LogP contribution in [0.1, 0.15) is 26.7 Å². The number of nitrogens with one attached hydrogen (secondary N) is 1. The number of rotatable bonds is 6. The molecule has 0 amide bonds. The molecule has 20 heavy (non-hydrogen) atoms. The van der Waals surface area contributed by atoms with E-state index in [1.807, 2.05) is 13.8 Å². The maximum atomic E-state index is 13.5. The predicted molar refractivity (Wildman–Crippen MR) is 71.2 cm³/mol. The first kappa shape index (κ1) is 14.7. The molecule has 0 bridgehead atoms. The number of hydrogen-bond acceptors (Lipinski definition) is 3. The zero-order valence-electron chi connectivity index (χ0n) is 11.6. The van der Waals surface area contributed by atoms with Gasteiger partial charge in [-0.05, 0) is 44.7 Å². The van der Waals surface area contributed by atoms with Crippen LogP contribution in [0.3, 0.4) is 0 Å². The Hall–Kier alpha value is -1.67. The molecular formula is C15H18F2N2O. The van der Waals surface area contributed by atoms with Crippen molar-refractivity contribution >= 4 is 0 Å². The van der Waals surface area contributed by atoms with Crippen molar-refractivity contribution in [2.24, 2.45) is 5.92 Å². The van der Waals surface area contributed by atoms with Gasteiger partial charge in [-0.1, -0.05) is 6.07 Å². The van der Waals surface area contributed by atoms with Crippen molar-refractivity contribution in [1.29, 1.82) is 5.26 Å². The van der Waals surface area contributed by atoms with E-state index in [1.54, 1.807) is 0 Å². The molecule has 1 aliphatic rings. The van der Waals surface area contributed by atoms with Gasteiger partial charge < -0.3 is 4.74 Å². The zero-order chi connectivity index (χ0) is 14.8. The van der Waals surface area contributed by atoms with Gasteiger partial charge in [-0.15, -0.1) is 0 Å². The fourth-order valence-corrected chi connectivity index (χ4v) is 2.33. The highest BCUT2D eigenvalue weighted by Gasteiger charge is 2.47. The number of nitriles is 1. The minimum atomic E-state index is -0.886. The predicted octanol–water partition coefficient (Wildman–Crippen LogP) is 3.01. The summed E-state index contributed by atoms with van der Waals surface area (Å²) >= 11 is 0. The molecule has 0 spiro atoms. The second-order valence-electron chi connectivity index (χ2n) is 5.50. The molecule has 0 heterocycles. The largest absolute Gasteiger partial charge is 0.484 e. The van der Waals surface area contributed by atoms with Gasteiger partial charge in [0.05, 0.1) is 6.07 Å². The van der Waals surface area contributed by atoms with Crippen molar-refractivity contribution in [2.75, 3.05) is 6.61 Å². The van der Waals surface area contributed by atoms with Crippen LogP contribution in [-0.2, 0) is 0 Å². The summed E-state index contributed by atoms with van der Waals surface area (Å²) in [5.41, 5.74) is -0.886. The second kappa shape index (κ2) is 5.76. The van der Waals surface area contributed by atoms with Crippen molar-refractivity contribution < 1.29 is 13.5 Å². The van der Waals surface area contributed by atoms with Gasteiger partial charge >= 0.3 is 0 Å². The Bertz CT molecular complexity index is 503. The van der Waals surface area contributed by atoms with E-state index in [0.717, 1.165) is 25.0 Å². The summed E-state index contributed by atoms with van der Waals surface area (Å²) in [6.45, 7) is 3.79. The van der Waals surface area contributed by atoms with E-state index in [1.165, 1.54) is 6.07 Å². The summed E-state index contributed by atoms with van der Waals surface area (Å²) < 4.78 is 32.4. The summed E-state index contributed by atoms with van der Waals surface area (Å²) in [5.74, 6) is -1.75. The van der Waals surface area contributed by atoms with E-state index < -0.39 is 22.9 Å². The molecule has 1 unspecified atom stereocenters. The van der Waals surface area contributed by atoms with Gasteiger partial charge in [-0.25, -0.2) is 8.78 Å². The lowest BCUT2D eigenvalue weighted by atomic mass is 9.95. The normalized spacial score (nSPS) is 17.6. The molecular weight excluding hydrogens is 262 g/mol. The van der Waals surface area contributed by atoms with E-state index in [9.17, 15) is 14.0 Å². The minimum absolute atomic E-state index is 0.0653. The summed E-state index contributed by atoms with van der Waals surface area (Å²) in [5, 5.41) is 12.7. The maximum absolute atomic E-state index is 13.5. The SMILES string of the molecule is CC(C)NC(C#N)(COc1c(F)cccc1F)C1CC1. The standard InChI is InChI=1S/C15H18F2N2O/c1-10(2)19-15(8-18,11-6-7-11)9-20-14-12(16)4-3-5-13(14)17/h3-5,10-11,19H,6-7,9H2,1-2H3. The molecule has 0 aromatic heterocycles. The fraction of sp³-hybridized carbons (Fsp3) is 0.533. The molecule has 1 aliphatic carbocycles. The molecule has 5 heteroatoms. The molecule has 1 aromatic rings. The number of nitrogens with zero attached hydrogens (tertiary/aromatic N) is 1. The molecule has 1 saturated carbocycles. The molecule has 1 aromatic carbocycles. The van der Waals surface area contributed by atoms with Gasteiger partial charge in [0.2, 0.25) is 0 Å². The lowest BCUT2D eigenvalue weighted by Gasteiger charge is -2.30. The van der Waals surface area contributed by atoms with Crippen molar-refractivity contribution in [3.05, 3.63) is 29.8 Å². The third-order valence-electron chi connectivity index (χ3n) is 3.38. The van der Waals surface area contributed by atoms with Crippen LogP contribution >= 0.6 is 0 Å². The van der Waals surface area contributed by atoms with Crippen molar-refractivity contribution in [2.45, 2.75) is 38.3 Å². The van der Waals surface area contributed by atoms with Gasteiger partial charge in [-0.2, -0.15) is 5.26 Å².